The van der Waals surface area contributed by atoms with E-state index in [1.54, 1.807) is 18.5 Å². The minimum absolute atomic E-state index is 0.170. The molecule has 0 unspecified atom stereocenters. The topological polar surface area (TPSA) is 62.2 Å². The van der Waals surface area contributed by atoms with Gasteiger partial charge < -0.3 is 14.6 Å². The molecule has 32 heavy (non-hydrogen) atoms. The van der Waals surface area contributed by atoms with Gasteiger partial charge >= 0.3 is 0 Å². The molecule has 0 radical (unpaired) electrons. The van der Waals surface area contributed by atoms with Crippen LogP contribution >= 0.6 is 11.6 Å². The van der Waals surface area contributed by atoms with Gasteiger partial charge in [-0.15, -0.1) is 0 Å². The Bertz CT molecular complexity index is 1080. The number of aromatic nitrogens is 3. The molecule has 3 aromatic rings. The minimum Gasteiger partial charge on any atom is -0.354 e. The van der Waals surface area contributed by atoms with Crippen molar-refractivity contribution in [2.45, 2.75) is 13.3 Å². The van der Waals surface area contributed by atoms with E-state index in [4.69, 9.17) is 21.4 Å². The smallest absolute Gasteiger partial charge is 0.147 e. The number of anilines is 1. The van der Waals surface area contributed by atoms with Crippen LogP contribution in [0.15, 0.2) is 42.9 Å². The van der Waals surface area contributed by atoms with E-state index >= 15 is 0 Å². The van der Waals surface area contributed by atoms with Crippen LogP contribution in [-0.4, -0.2) is 59.4 Å². The molecule has 0 N–H and O–H groups in total. The van der Waals surface area contributed by atoms with Gasteiger partial charge in [-0.25, -0.2) is 18.7 Å². The van der Waals surface area contributed by atoms with E-state index in [0.717, 1.165) is 45.0 Å². The first-order chi connectivity index (χ1) is 15.4. The molecule has 9 heteroatoms. The number of likely N-dealkylation sites (N-methyl/N-ethyl adjacent to an activating group) is 1. The van der Waals surface area contributed by atoms with Crippen LogP contribution < -0.4 is 4.90 Å². The summed E-state index contributed by atoms with van der Waals surface area (Å²) in [6.07, 6.45) is 6.51. The Balaban J connectivity index is 0.000000913. The SMILES string of the molecule is CC=O.CN1CCCN(c2cnc(-c3ccc(F)cc3F)c(-c3ccncc3Cl)n2)CC1. The van der Waals surface area contributed by atoms with Crippen LogP contribution in [0.1, 0.15) is 13.3 Å². The standard InChI is InChI=1S/C21H20ClF2N5.C2H4O/c1-28-7-2-8-29(10-9-28)19-13-26-20(16-4-3-14(23)11-18(16)24)21(27-19)15-5-6-25-12-17(15)22;1-2-3/h3-6,11-13H,2,7-10H2,1H3;2H,1H3. The third-order valence-corrected chi connectivity index (χ3v) is 5.32. The third-order valence-electron chi connectivity index (χ3n) is 5.02. The Hall–Kier alpha value is -2.97. The van der Waals surface area contributed by atoms with E-state index in [0.29, 0.717) is 27.8 Å². The molecule has 1 aliphatic rings. The summed E-state index contributed by atoms with van der Waals surface area (Å²) < 4.78 is 27.9. The maximum absolute atomic E-state index is 14.5. The van der Waals surface area contributed by atoms with Gasteiger partial charge in [0, 0.05) is 49.2 Å². The fourth-order valence-electron chi connectivity index (χ4n) is 3.44. The van der Waals surface area contributed by atoms with Crippen LogP contribution in [0.3, 0.4) is 0 Å². The van der Waals surface area contributed by atoms with Gasteiger partial charge in [0.25, 0.3) is 0 Å². The number of halogens is 3. The maximum atomic E-state index is 14.5. The minimum atomic E-state index is -0.699. The Morgan fingerprint density at radius 1 is 1.03 bits per heavy atom. The number of carbonyl (C=O) groups excluding carboxylic acids is 1. The van der Waals surface area contributed by atoms with Crippen molar-refractivity contribution in [3.05, 3.63) is 59.5 Å². The summed E-state index contributed by atoms with van der Waals surface area (Å²) in [7, 11) is 2.09. The molecule has 1 aromatic carbocycles. The highest BCUT2D eigenvalue weighted by atomic mass is 35.5. The van der Waals surface area contributed by atoms with Gasteiger partial charge in [-0.3, -0.25) is 4.98 Å². The fourth-order valence-corrected chi connectivity index (χ4v) is 3.65. The number of carbonyl (C=O) groups is 1. The highest BCUT2D eigenvalue weighted by molar-refractivity contribution is 6.33. The molecule has 1 fully saturated rings. The molecular formula is C23H24ClF2N5O. The van der Waals surface area contributed by atoms with E-state index in [-0.39, 0.29) is 5.56 Å². The van der Waals surface area contributed by atoms with Crippen molar-refractivity contribution >= 4 is 23.7 Å². The van der Waals surface area contributed by atoms with Gasteiger partial charge in [0.15, 0.2) is 0 Å². The highest BCUT2D eigenvalue weighted by Crippen LogP contribution is 2.35. The second kappa shape index (κ2) is 11.1. The molecule has 0 saturated carbocycles. The lowest BCUT2D eigenvalue weighted by Crippen LogP contribution is -2.29. The Kier molecular flexibility index (Phi) is 8.19. The maximum Gasteiger partial charge on any atom is 0.147 e. The van der Waals surface area contributed by atoms with E-state index < -0.39 is 11.6 Å². The number of aldehydes is 1. The molecule has 3 heterocycles. The quantitative estimate of drug-likeness (QED) is 0.538. The van der Waals surface area contributed by atoms with Gasteiger partial charge in [0.2, 0.25) is 0 Å². The van der Waals surface area contributed by atoms with Crippen LogP contribution in [-0.2, 0) is 4.79 Å². The van der Waals surface area contributed by atoms with E-state index in [2.05, 4.69) is 26.8 Å². The summed E-state index contributed by atoms with van der Waals surface area (Å²) in [4.78, 5) is 26.6. The average Bonchev–Trinajstić information content (AvgIpc) is 2.99. The summed E-state index contributed by atoms with van der Waals surface area (Å²) >= 11 is 6.36. The lowest BCUT2D eigenvalue weighted by molar-refractivity contribution is -0.106. The number of nitrogens with zero attached hydrogens (tertiary/aromatic N) is 5. The summed E-state index contributed by atoms with van der Waals surface area (Å²) in [6.45, 7) is 5.05. The summed E-state index contributed by atoms with van der Waals surface area (Å²) in [5, 5.41) is 0.387. The first-order valence-corrected chi connectivity index (χ1v) is 10.6. The van der Waals surface area contributed by atoms with Gasteiger partial charge in [0.05, 0.1) is 16.9 Å². The fraction of sp³-hybridized carbons (Fsp3) is 0.304. The molecule has 2 aromatic heterocycles. The lowest BCUT2D eigenvalue weighted by atomic mass is 10.0. The number of hydrogen-bond donors (Lipinski definition) is 0. The molecular weight excluding hydrogens is 436 g/mol. The van der Waals surface area contributed by atoms with Crippen molar-refractivity contribution in [2.24, 2.45) is 0 Å². The Morgan fingerprint density at radius 2 is 1.81 bits per heavy atom. The van der Waals surface area contributed by atoms with Crippen molar-refractivity contribution in [2.75, 3.05) is 38.1 Å². The molecule has 0 atom stereocenters. The van der Waals surface area contributed by atoms with Crippen LogP contribution in [0, 0.1) is 11.6 Å². The number of pyridine rings is 1. The normalized spacial score (nSPS) is 14.3. The number of hydrogen-bond acceptors (Lipinski definition) is 6. The van der Waals surface area contributed by atoms with Crippen molar-refractivity contribution in [3.8, 4) is 22.5 Å². The number of rotatable bonds is 3. The van der Waals surface area contributed by atoms with Crippen LogP contribution in [0.4, 0.5) is 14.6 Å². The largest absolute Gasteiger partial charge is 0.354 e. The molecule has 0 bridgehead atoms. The number of benzene rings is 1. The van der Waals surface area contributed by atoms with E-state index in [1.165, 1.54) is 25.3 Å². The lowest BCUT2D eigenvalue weighted by Gasteiger charge is -2.23. The summed E-state index contributed by atoms with van der Waals surface area (Å²) in [5.41, 5.74) is 1.52. The van der Waals surface area contributed by atoms with Crippen LogP contribution in [0.5, 0.6) is 0 Å². The van der Waals surface area contributed by atoms with Crippen LogP contribution in [0.25, 0.3) is 22.5 Å². The first kappa shape index (κ1) is 23.7. The second-order valence-electron chi connectivity index (χ2n) is 7.28. The van der Waals surface area contributed by atoms with Gasteiger partial charge in [-0.05, 0) is 45.1 Å². The van der Waals surface area contributed by atoms with E-state index in [1.807, 2.05) is 0 Å². The predicted octanol–water partition coefficient (Wildman–Crippen LogP) is 4.48. The van der Waals surface area contributed by atoms with Gasteiger partial charge in [0.1, 0.15) is 29.4 Å². The zero-order valence-corrected chi connectivity index (χ0v) is 18.7. The molecule has 0 amide bonds. The van der Waals surface area contributed by atoms with Crippen molar-refractivity contribution < 1.29 is 13.6 Å². The average molecular weight is 460 g/mol. The zero-order chi connectivity index (χ0) is 23.1. The Labute approximate surface area is 190 Å². The Morgan fingerprint density at radius 3 is 2.53 bits per heavy atom. The second-order valence-corrected chi connectivity index (χ2v) is 7.69. The van der Waals surface area contributed by atoms with Crippen molar-refractivity contribution in [1.82, 2.24) is 19.9 Å². The highest BCUT2D eigenvalue weighted by Gasteiger charge is 2.21. The molecule has 1 saturated heterocycles. The zero-order valence-electron chi connectivity index (χ0n) is 17.9. The van der Waals surface area contributed by atoms with Gasteiger partial charge in [-0.1, -0.05) is 11.6 Å². The molecule has 0 spiro atoms. The molecule has 168 valence electrons. The molecule has 1 aliphatic heterocycles. The van der Waals surface area contributed by atoms with Gasteiger partial charge in [-0.2, -0.15) is 0 Å². The molecule has 6 nitrogen and oxygen atoms in total. The third kappa shape index (κ3) is 5.63. The van der Waals surface area contributed by atoms with Crippen molar-refractivity contribution in [1.29, 1.82) is 0 Å². The summed E-state index contributed by atoms with van der Waals surface area (Å²) in [5.74, 6) is -0.641. The van der Waals surface area contributed by atoms with Crippen LogP contribution in [0.2, 0.25) is 5.02 Å². The summed E-state index contributed by atoms with van der Waals surface area (Å²) in [6, 6.07) is 5.13. The predicted molar refractivity (Wildman–Crippen MR) is 122 cm³/mol. The molecule has 0 aliphatic carbocycles. The van der Waals surface area contributed by atoms with E-state index in [9.17, 15) is 8.78 Å². The van der Waals surface area contributed by atoms with Crippen molar-refractivity contribution in [3.63, 3.8) is 0 Å². The first-order valence-electron chi connectivity index (χ1n) is 10.2. The monoisotopic (exact) mass is 459 g/mol. The molecule has 4 rings (SSSR count).